The number of amidine groups is 1. The second-order valence-corrected chi connectivity index (χ2v) is 7.95. The Kier molecular flexibility index (Phi) is 7.07. The van der Waals surface area contributed by atoms with E-state index in [1.807, 2.05) is 0 Å². The normalized spacial score (nSPS) is 14.6. The SMILES string of the molecule is COc1ccc(/C=C2\N=C(SCC(=O)c3ccc[nH]3)N(c3ccc(OC(F)F)cc3)C2=O)cc1. The number of alkyl halides is 2. The smallest absolute Gasteiger partial charge is 0.387 e. The van der Waals surface area contributed by atoms with E-state index in [-0.39, 0.29) is 23.0 Å². The summed E-state index contributed by atoms with van der Waals surface area (Å²) in [5, 5.41) is 0.298. The molecular formula is C24H19F2N3O4S. The number of ether oxygens (including phenoxy) is 2. The highest BCUT2D eigenvalue weighted by Gasteiger charge is 2.32. The Morgan fingerprint density at radius 2 is 1.82 bits per heavy atom. The maximum absolute atomic E-state index is 13.2. The molecule has 0 bridgehead atoms. The second kappa shape index (κ2) is 10.3. The largest absolute Gasteiger partial charge is 0.497 e. The number of aromatic amines is 1. The average molecular weight is 483 g/mol. The van der Waals surface area contributed by atoms with Gasteiger partial charge in [-0.2, -0.15) is 8.78 Å². The summed E-state index contributed by atoms with van der Waals surface area (Å²) >= 11 is 1.11. The Balaban J connectivity index is 1.61. The Morgan fingerprint density at radius 3 is 2.44 bits per heavy atom. The lowest BCUT2D eigenvalue weighted by atomic mass is 10.2. The van der Waals surface area contributed by atoms with Crippen LogP contribution in [-0.2, 0) is 4.79 Å². The Bertz CT molecular complexity index is 1220. The molecule has 1 aromatic heterocycles. The summed E-state index contributed by atoms with van der Waals surface area (Å²) in [6, 6.07) is 16.1. The Labute approximate surface area is 198 Å². The Morgan fingerprint density at radius 1 is 1.12 bits per heavy atom. The van der Waals surface area contributed by atoms with Gasteiger partial charge in [0.2, 0.25) is 0 Å². The number of ketones is 1. The van der Waals surface area contributed by atoms with Crippen LogP contribution in [0.5, 0.6) is 11.5 Å². The molecule has 1 aliphatic heterocycles. The molecule has 34 heavy (non-hydrogen) atoms. The van der Waals surface area contributed by atoms with Gasteiger partial charge in [-0.05, 0) is 60.2 Å². The summed E-state index contributed by atoms with van der Waals surface area (Å²) in [7, 11) is 1.56. The van der Waals surface area contributed by atoms with E-state index in [4.69, 9.17) is 4.74 Å². The summed E-state index contributed by atoms with van der Waals surface area (Å²) < 4.78 is 34.5. The first kappa shape index (κ1) is 23.2. The number of methoxy groups -OCH3 is 1. The third-order valence-electron chi connectivity index (χ3n) is 4.80. The number of benzene rings is 2. The van der Waals surface area contributed by atoms with Crippen LogP contribution in [0.2, 0.25) is 0 Å². The lowest BCUT2D eigenvalue weighted by Crippen LogP contribution is -2.30. The number of anilines is 1. The van der Waals surface area contributed by atoms with Crippen LogP contribution in [0.25, 0.3) is 6.08 Å². The maximum atomic E-state index is 13.2. The van der Waals surface area contributed by atoms with Crippen molar-refractivity contribution < 1.29 is 27.8 Å². The number of aromatic nitrogens is 1. The molecule has 1 N–H and O–H groups in total. The summed E-state index contributed by atoms with van der Waals surface area (Å²) in [4.78, 5) is 34.3. The third kappa shape index (κ3) is 5.34. The molecular weight excluding hydrogens is 464 g/mol. The number of hydrogen-bond acceptors (Lipinski definition) is 6. The fourth-order valence-corrected chi connectivity index (χ4v) is 4.06. The standard InChI is InChI=1S/C24H19F2N3O4S/c1-32-17-8-4-15(5-9-17)13-20-22(31)29(16-6-10-18(11-7-16)33-23(25)26)24(28-20)34-14-21(30)19-3-2-12-27-19/h2-13,23,27H,14H2,1H3/b20-13-. The number of H-pyrrole nitrogens is 1. The molecule has 4 rings (SSSR count). The van der Waals surface area contributed by atoms with Crippen LogP contribution in [-0.4, -0.2) is 41.3 Å². The van der Waals surface area contributed by atoms with Gasteiger partial charge in [-0.25, -0.2) is 4.99 Å². The molecule has 10 heteroatoms. The molecule has 174 valence electrons. The van der Waals surface area contributed by atoms with E-state index in [1.54, 1.807) is 55.8 Å². The zero-order valence-corrected chi connectivity index (χ0v) is 18.7. The van der Waals surface area contributed by atoms with Crippen LogP contribution in [0.4, 0.5) is 14.5 Å². The topological polar surface area (TPSA) is 84.0 Å². The summed E-state index contributed by atoms with van der Waals surface area (Å²) in [5.74, 6) is 0.125. The molecule has 7 nitrogen and oxygen atoms in total. The number of nitrogens with one attached hydrogen (secondary N) is 1. The van der Waals surface area contributed by atoms with Gasteiger partial charge in [0.05, 0.1) is 24.2 Å². The predicted octanol–water partition coefficient (Wildman–Crippen LogP) is 4.98. The van der Waals surface area contributed by atoms with Crippen molar-refractivity contribution in [1.29, 1.82) is 0 Å². The molecule has 1 amide bonds. The van der Waals surface area contributed by atoms with E-state index >= 15 is 0 Å². The first-order chi connectivity index (χ1) is 16.4. The van der Waals surface area contributed by atoms with Crippen LogP contribution in [0, 0.1) is 0 Å². The van der Waals surface area contributed by atoms with Gasteiger partial charge in [-0.15, -0.1) is 0 Å². The molecule has 0 spiro atoms. The minimum atomic E-state index is -2.95. The first-order valence-corrected chi connectivity index (χ1v) is 11.1. The molecule has 0 radical (unpaired) electrons. The number of Topliss-reactive ketones (excluding diaryl/α,β-unsaturated/α-hetero) is 1. The van der Waals surface area contributed by atoms with Crippen molar-refractivity contribution in [2.75, 3.05) is 17.8 Å². The van der Waals surface area contributed by atoms with Gasteiger partial charge in [0.1, 0.15) is 17.2 Å². The van der Waals surface area contributed by atoms with E-state index < -0.39 is 12.5 Å². The first-order valence-electron chi connectivity index (χ1n) is 10.1. The Hall–Kier alpha value is -3.92. The summed E-state index contributed by atoms with van der Waals surface area (Å²) in [6.45, 7) is -2.95. The molecule has 0 unspecified atom stereocenters. The van der Waals surface area contributed by atoms with Gasteiger partial charge in [0.15, 0.2) is 11.0 Å². The van der Waals surface area contributed by atoms with Gasteiger partial charge in [-0.3, -0.25) is 14.5 Å². The highest BCUT2D eigenvalue weighted by molar-refractivity contribution is 8.14. The number of halogens is 2. The van der Waals surface area contributed by atoms with E-state index in [0.717, 1.165) is 17.3 Å². The van der Waals surface area contributed by atoms with Crippen LogP contribution >= 0.6 is 11.8 Å². The van der Waals surface area contributed by atoms with Gasteiger partial charge in [0, 0.05) is 6.20 Å². The van der Waals surface area contributed by atoms with Gasteiger partial charge in [0.25, 0.3) is 5.91 Å². The van der Waals surface area contributed by atoms with Crippen molar-refractivity contribution in [2.45, 2.75) is 6.61 Å². The quantitative estimate of drug-likeness (QED) is 0.361. The van der Waals surface area contributed by atoms with E-state index in [9.17, 15) is 18.4 Å². The molecule has 2 aromatic carbocycles. The summed E-state index contributed by atoms with van der Waals surface area (Å²) in [5.41, 5.74) is 1.77. The van der Waals surface area contributed by atoms with Gasteiger partial charge < -0.3 is 14.5 Å². The van der Waals surface area contributed by atoms with Crippen LogP contribution in [0.3, 0.4) is 0 Å². The number of aliphatic imine (C=N–C) groups is 1. The van der Waals surface area contributed by atoms with Crippen LogP contribution in [0.1, 0.15) is 16.1 Å². The van der Waals surface area contributed by atoms with E-state index in [1.165, 1.54) is 29.2 Å². The second-order valence-electron chi connectivity index (χ2n) is 7.01. The number of thioether (sulfide) groups is 1. The van der Waals surface area contributed by atoms with E-state index in [2.05, 4.69) is 14.7 Å². The fraction of sp³-hybridized carbons (Fsp3) is 0.125. The molecule has 3 aromatic rings. The minimum Gasteiger partial charge on any atom is -0.497 e. The average Bonchev–Trinajstić information content (AvgIpc) is 3.47. The lowest BCUT2D eigenvalue weighted by Gasteiger charge is -2.18. The number of hydrogen-bond donors (Lipinski definition) is 1. The number of rotatable bonds is 8. The van der Waals surface area contributed by atoms with Crippen molar-refractivity contribution in [2.24, 2.45) is 4.99 Å². The van der Waals surface area contributed by atoms with Crippen LogP contribution in [0.15, 0.2) is 77.5 Å². The van der Waals surface area contributed by atoms with Gasteiger partial charge >= 0.3 is 6.61 Å². The number of carbonyl (C=O) groups is 2. The van der Waals surface area contributed by atoms with Gasteiger partial charge in [-0.1, -0.05) is 23.9 Å². The number of amides is 1. The zero-order chi connectivity index (χ0) is 24.1. The van der Waals surface area contributed by atoms with Crippen molar-refractivity contribution in [1.82, 2.24) is 4.98 Å². The number of carbonyl (C=O) groups excluding carboxylic acids is 2. The van der Waals surface area contributed by atoms with E-state index in [0.29, 0.717) is 22.3 Å². The minimum absolute atomic E-state index is 0.0348. The molecule has 0 fully saturated rings. The highest BCUT2D eigenvalue weighted by atomic mass is 32.2. The third-order valence-corrected chi connectivity index (χ3v) is 5.74. The predicted molar refractivity (Wildman–Crippen MR) is 127 cm³/mol. The van der Waals surface area contributed by atoms with Crippen molar-refractivity contribution in [3.8, 4) is 11.5 Å². The molecule has 0 saturated heterocycles. The number of nitrogens with zero attached hydrogens (tertiary/aromatic N) is 2. The van der Waals surface area contributed by atoms with Crippen molar-refractivity contribution in [3.63, 3.8) is 0 Å². The lowest BCUT2D eigenvalue weighted by molar-refractivity contribution is -0.113. The van der Waals surface area contributed by atoms with Crippen molar-refractivity contribution >= 4 is 40.4 Å². The summed E-state index contributed by atoms with van der Waals surface area (Å²) in [6.07, 6.45) is 3.28. The zero-order valence-electron chi connectivity index (χ0n) is 17.9. The van der Waals surface area contributed by atoms with Crippen molar-refractivity contribution in [3.05, 3.63) is 83.8 Å². The maximum Gasteiger partial charge on any atom is 0.387 e. The highest BCUT2D eigenvalue weighted by Crippen LogP contribution is 2.31. The van der Waals surface area contributed by atoms with Crippen LogP contribution < -0.4 is 14.4 Å². The monoisotopic (exact) mass is 483 g/mol. The molecule has 0 atom stereocenters. The molecule has 1 aliphatic rings. The molecule has 0 saturated carbocycles. The molecule has 0 aliphatic carbocycles. The molecule has 2 heterocycles. The fourth-order valence-electron chi connectivity index (χ4n) is 3.17.